The van der Waals surface area contributed by atoms with Crippen molar-refractivity contribution in [3.05, 3.63) is 152 Å². The van der Waals surface area contributed by atoms with Crippen molar-refractivity contribution in [2.45, 2.75) is 0 Å². The molecule has 0 fully saturated rings. The molecule has 0 aliphatic rings. The highest BCUT2D eigenvalue weighted by atomic mass is 32.1. The van der Waals surface area contributed by atoms with Gasteiger partial charge >= 0.3 is 0 Å². The first-order chi connectivity index (χ1) is 22.3. The lowest BCUT2D eigenvalue weighted by atomic mass is 9.97. The monoisotopic (exact) mass is 591 g/mol. The lowest BCUT2D eigenvalue weighted by Crippen LogP contribution is -2.00. The Morgan fingerprint density at radius 3 is 1.64 bits per heavy atom. The van der Waals surface area contributed by atoms with Crippen LogP contribution in [0.1, 0.15) is 0 Å². The predicted molar refractivity (Wildman–Crippen MR) is 189 cm³/mol. The molecule has 0 amide bonds. The molecule has 0 aliphatic carbocycles. The van der Waals surface area contributed by atoms with Gasteiger partial charge in [-0.25, -0.2) is 15.0 Å². The summed E-state index contributed by atoms with van der Waals surface area (Å²) in [5.41, 5.74) is 5.27. The van der Waals surface area contributed by atoms with Crippen LogP contribution >= 0.6 is 11.3 Å². The summed E-state index contributed by atoms with van der Waals surface area (Å²) in [5, 5.41) is 7.34. The third-order valence-electron chi connectivity index (χ3n) is 8.51. The fourth-order valence-electron chi connectivity index (χ4n) is 6.33. The highest BCUT2D eigenvalue weighted by Crippen LogP contribution is 2.46. The maximum absolute atomic E-state index is 5.21. The number of rotatable bonds is 4. The molecule has 0 radical (unpaired) electrons. The lowest BCUT2D eigenvalue weighted by Gasteiger charge is -2.12. The molecular weight excluding hydrogens is 567 g/mol. The van der Waals surface area contributed by atoms with E-state index in [-0.39, 0.29) is 0 Å². The largest absolute Gasteiger partial charge is 0.208 e. The van der Waals surface area contributed by atoms with E-state index in [4.69, 9.17) is 15.0 Å². The summed E-state index contributed by atoms with van der Waals surface area (Å²) in [6, 6.07) is 53.1. The fourth-order valence-corrected chi connectivity index (χ4v) is 7.61. The molecule has 9 aromatic rings. The second-order valence-electron chi connectivity index (χ2n) is 11.2. The van der Waals surface area contributed by atoms with E-state index in [0.29, 0.717) is 17.5 Å². The van der Waals surface area contributed by atoms with Crippen molar-refractivity contribution in [3.8, 4) is 45.3 Å². The van der Waals surface area contributed by atoms with E-state index in [1.54, 1.807) is 0 Å². The zero-order valence-corrected chi connectivity index (χ0v) is 25.0. The fraction of sp³-hybridized carbons (Fsp3) is 0. The molecule has 2 aromatic heterocycles. The standard InChI is InChI=1S/C41H25N3S/c1-3-11-26(12-4-1)27-19-21-30(22-20-27)40-42-39(29-14-5-2-6-15-29)43-41(44-40)34-25-31-16-8-10-18-33(31)38-37(34)36-32-17-9-7-13-28(32)23-24-35(36)45-38/h1-25H. The minimum Gasteiger partial charge on any atom is -0.208 e. The van der Waals surface area contributed by atoms with Crippen molar-refractivity contribution in [1.82, 2.24) is 15.0 Å². The minimum atomic E-state index is 0.657. The van der Waals surface area contributed by atoms with Crippen molar-refractivity contribution in [2.75, 3.05) is 0 Å². The average Bonchev–Trinajstić information content (AvgIpc) is 3.53. The van der Waals surface area contributed by atoms with Gasteiger partial charge in [0.2, 0.25) is 0 Å². The first kappa shape index (κ1) is 25.8. The van der Waals surface area contributed by atoms with E-state index >= 15 is 0 Å². The van der Waals surface area contributed by atoms with Gasteiger partial charge in [-0.05, 0) is 44.8 Å². The van der Waals surface area contributed by atoms with Crippen LogP contribution in [0.3, 0.4) is 0 Å². The third-order valence-corrected chi connectivity index (χ3v) is 9.70. The van der Waals surface area contributed by atoms with Gasteiger partial charge in [-0.15, -0.1) is 11.3 Å². The number of fused-ring (bicyclic) bond motifs is 7. The Labute approximate surface area is 264 Å². The summed E-state index contributed by atoms with van der Waals surface area (Å²) in [5.74, 6) is 1.99. The van der Waals surface area contributed by atoms with E-state index in [0.717, 1.165) is 22.3 Å². The molecule has 2 heterocycles. The van der Waals surface area contributed by atoms with Crippen molar-refractivity contribution < 1.29 is 0 Å². The molecule has 0 saturated carbocycles. The van der Waals surface area contributed by atoms with Crippen LogP contribution in [0, 0.1) is 0 Å². The molecule has 4 heteroatoms. The van der Waals surface area contributed by atoms with Crippen LogP contribution in [-0.4, -0.2) is 15.0 Å². The van der Waals surface area contributed by atoms with E-state index in [2.05, 4.69) is 127 Å². The summed E-state index contributed by atoms with van der Waals surface area (Å²) in [7, 11) is 0. The number of hydrogen-bond acceptors (Lipinski definition) is 4. The number of hydrogen-bond donors (Lipinski definition) is 0. The van der Waals surface area contributed by atoms with E-state index in [9.17, 15) is 0 Å². The summed E-state index contributed by atoms with van der Waals surface area (Å²) in [6.45, 7) is 0. The van der Waals surface area contributed by atoms with Gasteiger partial charge in [0.15, 0.2) is 17.5 Å². The Morgan fingerprint density at radius 2 is 0.911 bits per heavy atom. The Kier molecular flexibility index (Phi) is 6.00. The molecule has 7 aromatic carbocycles. The lowest BCUT2D eigenvalue weighted by molar-refractivity contribution is 1.08. The molecule has 0 saturated heterocycles. The van der Waals surface area contributed by atoms with Crippen molar-refractivity contribution in [3.63, 3.8) is 0 Å². The molecule has 3 nitrogen and oxygen atoms in total. The second-order valence-corrected chi connectivity index (χ2v) is 12.3. The Hall–Kier alpha value is -5.71. The van der Waals surface area contributed by atoms with Crippen LogP contribution in [0.4, 0.5) is 0 Å². The first-order valence-corrected chi connectivity index (χ1v) is 15.9. The highest BCUT2D eigenvalue weighted by Gasteiger charge is 2.20. The van der Waals surface area contributed by atoms with Crippen molar-refractivity contribution in [1.29, 1.82) is 0 Å². The summed E-state index contributed by atoms with van der Waals surface area (Å²) >= 11 is 1.84. The molecule has 0 N–H and O–H groups in total. The molecule has 0 atom stereocenters. The molecule has 0 spiro atoms. The molecule has 210 valence electrons. The molecule has 0 unspecified atom stereocenters. The quantitative estimate of drug-likeness (QED) is 0.204. The van der Waals surface area contributed by atoms with Gasteiger partial charge in [-0.2, -0.15) is 0 Å². The van der Waals surface area contributed by atoms with Crippen LogP contribution in [-0.2, 0) is 0 Å². The second kappa shape index (κ2) is 10.5. The third kappa shape index (κ3) is 4.38. The number of nitrogens with zero attached hydrogens (tertiary/aromatic N) is 3. The van der Waals surface area contributed by atoms with Crippen molar-refractivity contribution >= 4 is 53.1 Å². The molecule has 0 bridgehead atoms. The van der Waals surface area contributed by atoms with E-state index < -0.39 is 0 Å². The topological polar surface area (TPSA) is 38.7 Å². The maximum atomic E-state index is 5.21. The summed E-state index contributed by atoms with van der Waals surface area (Å²) < 4.78 is 2.51. The molecule has 9 rings (SSSR count). The van der Waals surface area contributed by atoms with Gasteiger partial charge < -0.3 is 0 Å². The Morgan fingerprint density at radius 1 is 0.378 bits per heavy atom. The number of thiophene rings is 1. The predicted octanol–water partition coefficient (Wildman–Crippen LogP) is 11.2. The molecule has 45 heavy (non-hydrogen) atoms. The van der Waals surface area contributed by atoms with E-state index in [1.165, 1.54) is 47.3 Å². The van der Waals surface area contributed by atoms with Crippen LogP contribution in [0.15, 0.2) is 152 Å². The molecule has 0 aliphatic heterocycles. The van der Waals surface area contributed by atoms with Gasteiger partial charge in [-0.1, -0.05) is 140 Å². The minimum absolute atomic E-state index is 0.657. The number of aromatic nitrogens is 3. The van der Waals surface area contributed by atoms with Gasteiger partial charge in [0.1, 0.15) is 0 Å². The zero-order chi connectivity index (χ0) is 29.7. The van der Waals surface area contributed by atoms with Crippen molar-refractivity contribution in [2.24, 2.45) is 0 Å². The summed E-state index contributed by atoms with van der Waals surface area (Å²) in [6.07, 6.45) is 0. The number of benzene rings is 7. The zero-order valence-electron chi connectivity index (χ0n) is 24.2. The molecular formula is C41H25N3S. The van der Waals surface area contributed by atoms with Crippen LogP contribution in [0.2, 0.25) is 0 Å². The van der Waals surface area contributed by atoms with Crippen LogP contribution < -0.4 is 0 Å². The average molecular weight is 592 g/mol. The Balaban J connectivity index is 1.34. The van der Waals surface area contributed by atoms with Crippen LogP contribution in [0.5, 0.6) is 0 Å². The van der Waals surface area contributed by atoms with Gasteiger partial charge in [-0.3, -0.25) is 0 Å². The summed E-state index contributed by atoms with van der Waals surface area (Å²) in [4.78, 5) is 15.4. The van der Waals surface area contributed by atoms with Gasteiger partial charge in [0.05, 0.1) is 0 Å². The van der Waals surface area contributed by atoms with E-state index in [1.807, 2.05) is 35.6 Å². The Bertz CT molecular complexity index is 2520. The van der Waals surface area contributed by atoms with Gasteiger partial charge in [0.25, 0.3) is 0 Å². The first-order valence-electron chi connectivity index (χ1n) is 15.0. The van der Waals surface area contributed by atoms with Crippen LogP contribution in [0.25, 0.3) is 87.0 Å². The smallest absolute Gasteiger partial charge is 0.164 e. The highest BCUT2D eigenvalue weighted by molar-refractivity contribution is 7.27. The maximum Gasteiger partial charge on any atom is 0.164 e. The SMILES string of the molecule is c1ccc(-c2ccc(-c3nc(-c4ccccc4)nc(-c4cc5ccccc5c5sc6ccc7ccccc7c6c45)n3)cc2)cc1. The van der Waals surface area contributed by atoms with Gasteiger partial charge in [0, 0.05) is 36.9 Å². The normalized spacial score (nSPS) is 11.6.